The van der Waals surface area contributed by atoms with Crippen molar-refractivity contribution in [1.29, 1.82) is 0 Å². The van der Waals surface area contributed by atoms with Gasteiger partial charge in [0.1, 0.15) is 6.61 Å². The fraction of sp³-hybridized carbons (Fsp3) is 0.900. The minimum absolute atomic E-state index is 0.0340. The van der Waals surface area contributed by atoms with E-state index in [1.807, 2.05) is 46.2 Å². The van der Waals surface area contributed by atoms with E-state index in [0.717, 1.165) is 0 Å². The highest BCUT2D eigenvalue weighted by atomic mass is 31.2. The van der Waals surface area contributed by atoms with Gasteiger partial charge in [0.2, 0.25) is 0 Å². The van der Waals surface area contributed by atoms with Crippen LogP contribution in [0, 0.1) is 0 Å². The molecule has 0 radical (unpaired) electrons. The maximum atomic E-state index is 12.6. The molecule has 0 aliphatic carbocycles. The molecule has 19 heavy (non-hydrogen) atoms. The molecule has 0 heterocycles. The van der Waals surface area contributed by atoms with Crippen molar-refractivity contribution in [1.82, 2.24) is 0 Å². The summed E-state index contributed by atoms with van der Waals surface area (Å²) in [5.74, 6) is 0. The summed E-state index contributed by atoms with van der Waals surface area (Å²) in [6.45, 7) is 13.9. The molecule has 0 bridgehead atoms. The van der Waals surface area contributed by atoms with Crippen LogP contribution in [-0.4, -0.2) is 36.1 Å². The number of oxime groups is 1. The van der Waals surface area contributed by atoms with Crippen molar-refractivity contribution in [3.63, 3.8) is 0 Å². The van der Waals surface area contributed by atoms with Gasteiger partial charge >= 0.3 is 7.82 Å². The molecule has 0 saturated carbocycles. The van der Waals surface area contributed by atoms with E-state index in [-0.39, 0.29) is 6.61 Å². The van der Waals surface area contributed by atoms with E-state index in [1.165, 1.54) is 6.21 Å². The van der Waals surface area contributed by atoms with Gasteiger partial charge in [-0.25, -0.2) is 4.57 Å². The van der Waals surface area contributed by atoms with Crippen LogP contribution in [-0.2, 0) is 22.4 Å². The largest absolute Gasteiger partial charge is 0.455 e. The molecule has 0 rings (SSSR count). The zero-order chi connectivity index (χ0) is 15.2. The highest BCUT2D eigenvalue weighted by Crippen LogP contribution is 2.53. The minimum Gasteiger partial charge on any atom is -0.396 e. The van der Waals surface area contributed by atoms with E-state index in [1.54, 1.807) is 0 Å². The van der Waals surface area contributed by atoms with Crippen LogP contribution in [0.1, 0.15) is 6.92 Å². The van der Waals surface area contributed by atoms with Gasteiger partial charge in [0.05, 0.1) is 12.8 Å². The molecule has 6 nitrogen and oxygen atoms in total. The van der Waals surface area contributed by atoms with Gasteiger partial charge in [0.15, 0.2) is 16.6 Å². The Bertz CT molecular complexity index is 318. The maximum Gasteiger partial charge on any atom is 0.455 e. The Hall–Kier alpha value is 0.0138. The predicted molar refractivity (Wildman–Crippen MR) is 82.5 cm³/mol. The van der Waals surface area contributed by atoms with Gasteiger partial charge in [-0.2, -0.15) is 0 Å². The van der Waals surface area contributed by atoms with Crippen molar-refractivity contribution in [2.75, 3.05) is 13.2 Å². The molecule has 0 saturated heterocycles. The summed E-state index contributed by atoms with van der Waals surface area (Å²) in [5.41, 5.74) is 0. The summed E-state index contributed by atoms with van der Waals surface area (Å²) in [7, 11) is -7.60. The van der Waals surface area contributed by atoms with Crippen molar-refractivity contribution in [2.24, 2.45) is 5.16 Å². The molecule has 0 aromatic heterocycles. The van der Waals surface area contributed by atoms with E-state index in [2.05, 4.69) is 5.16 Å². The molecule has 0 N–H and O–H groups in total. The number of hydrogen-bond donors (Lipinski definition) is 0. The molecule has 0 aromatic carbocycles. The molecule has 0 atom stereocenters. The zero-order valence-electron chi connectivity index (χ0n) is 12.9. The van der Waals surface area contributed by atoms with Crippen LogP contribution in [0.15, 0.2) is 5.16 Å². The van der Waals surface area contributed by atoms with E-state index < -0.39 is 24.5 Å². The van der Waals surface area contributed by atoms with Crippen LogP contribution in [0.25, 0.3) is 0 Å². The summed E-state index contributed by atoms with van der Waals surface area (Å²) in [6, 6.07) is 0. The average molecular weight is 327 g/mol. The van der Waals surface area contributed by atoms with Gasteiger partial charge in [0.25, 0.3) is 0 Å². The number of hydrogen-bond acceptors (Lipinski definition) is 6. The molecule has 0 aliphatic heterocycles. The van der Waals surface area contributed by atoms with Crippen molar-refractivity contribution < 1.29 is 22.4 Å². The minimum atomic E-state index is -3.53. The zero-order valence-corrected chi connectivity index (χ0v) is 15.8. The fourth-order valence-electron chi connectivity index (χ4n) is 1.02. The van der Waals surface area contributed by atoms with Crippen LogP contribution < -0.4 is 0 Å². The second-order valence-corrected chi connectivity index (χ2v) is 16.9. The monoisotopic (exact) mass is 327 g/mol. The summed E-state index contributed by atoms with van der Waals surface area (Å²) in [5, 5.41) is 3.63. The van der Waals surface area contributed by atoms with E-state index in [0.29, 0.717) is 6.61 Å². The highest BCUT2D eigenvalue weighted by Gasteiger charge is 2.37. The molecular weight excluding hydrogens is 301 g/mol. The summed E-state index contributed by atoms with van der Waals surface area (Å²) >= 11 is 0. The third kappa shape index (κ3) is 11.5. The van der Waals surface area contributed by atoms with Crippen molar-refractivity contribution >= 4 is 30.7 Å². The van der Waals surface area contributed by atoms with Crippen LogP contribution in [0.4, 0.5) is 0 Å². The lowest BCUT2D eigenvalue weighted by atomic mass is 10.8. The first-order valence-corrected chi connectivity index (χ1v) is 14.5. The van der Waals surface area contributed by atoms with Crippen molar-refractivity contribution in [2.45, 2.75) is 46.2 Å². The molecule has 0 spiro atoms. The third-order valence-corrected chi connectivity index (χ3v) is 7.99. The molecule has 9 heteroatoms. The van der Waals surface area contributed by atoms with Gasteiger partial charge in [0, 0.05) is 0 Å². The lowest BCUT2D eigenvalue weighted by Crippen LogP contribution is -2.30. The maximum absolute atomic E-state index is 12.6. The van der Waals surface area contributed by atoms with Crippen molar-refractivity contribution in [3.05, 3.63) is 0 Å². The second-order valence-electron chi connectivity index (χ2n) is 5.86. The Labute approximate surface area is 118 Å². The summed E-state index contributed by atoms with van der Waals surface area (Å²) < 4.78 is 29.0. The Balaban J connectivity index is 4.64. The Morgan fingerprint density at radius 2 is 1.53 bits per heavy atom. The topological polar surface area (TPSA) is 66.4 Å². The quantitative estimate of drug-likeness (QED) is 0.279. The van der Waals surface area contributed by atoms with Gasteiger partial charge < -0.3 is 13.3 Å². The van der Waals surface area contributed by atoms with Crippen LogP contribution in [0.3, 0.4) is 0 Å². The number of phosphoric acid groups is 1. The third-order valence-electron chi connectivity index (χ3n) is 1.36. The predicted octanol–water partition coefficient (Wildman–Crippen LogP) is 3.84. The van der Waals surface area contributed by atoms with E-state index in [9.17, 15) is 4.57 Å². The first kappa shape index (κ1) is 19.0. The van der Waals surface area contributed by atoms with Gasteiger partial charge in [-0.05, 0) is 46.2 Å². The Kier molecular flexibility index (Phi) is 7.71. The number of rotatable bonds is 9. The van der Waals surface area contributed by atoms with Crippen LogP contribution in [0.2, 0.25) is 39.3 Å². The van der Waals surface area contributed by atoms with Crippen molar-refractivity contribution in [3.8, 4) is 0 Å². The SMILES string of the molecule is CCO/N=C/COP(=O)(O[Si](C)(C)C)O[Si](C)(C)C. The normalized spacial score (nSPS) is 14.1. The summed E-state index contributed by atoms with van der Waals surface area (Å²) in [4.78, 5) is 4.79. The standard InChI is InChI=1S/C10H26NO5PSi2/c1-8-13-11-9-10-14-17(12,15-18(2,3)4)16-19(5,6)7/h9H,8,10H2,1-7H3/b11-9+. The average Bonchev–Trinajstić information content (AvgIpc) is 2.10. The van der Waals surface area contributed by atoms with Crippen LogP contribution >= 0.6 is 7.82 Å². The van der Waals surface area contributed by atoms with E-state index >= 15 is 0 Å². The van der Waals surface area contributed by atoms with Gasteiger partial charge in [-0.15, -0.1) is 0 Å². The van der Waals surface area contributed by atoms with Crippen LogP contribution in [0.5, 0.6) is 0 Å². The molecule has 0 fully saturated rings. The molecule has 114 valence electrons. The van der Waals surface area contributed by atoms with Gasteiger partial charge in [-0.3, -0.25) is 4.52 Å². The highest BCUT2D eigenvalue weighted by molar-refractivity contribution is 7.52. The van der Waals surface area contributed by atoms with E-state index in [4.69, 9.17) is 17.8 Å². The Morgan fingerprint density at radius 1 is 1.05 bits per heavy atom. The summed E-state index contributed by atoms with van der Waals surface area (Å²) in [6.07, 6.45) is 1.40. The first-order valence-electron chi connectivity index (χ1n) is 6.27. The lowest BCUT2D eigenvalue weighted by Gasteiger charge is -2.29. The molecule has 0 aromatic rings. The molecule has 0 unspecified atom stereocenters. The molecular formula is C10H26NO5PSi2. The number of nitrogens with zero attached hydrogens (tertiary/aromatic N) is 1. The second kappa shape index (κ2) is 7.71. The lowest BCUT2D eigenvalue weighted by molar-refractivity contribution is 0.157. The molecule has 0 amide bonds. The smallest absolute Gasteiger partial charge is 0.396 e. The fourth-order valence-corrected chi connectivity index (χ4v) is 7.55. The Morgan fingerprint density at radius 3 is 1.89 bits per heavy atom. The van der Waals surface area contributed by atoms with Gasteiger partial charge in [-0.1, -0.05) is 5.16 Å². The molecule has 0 aliphatic rings. The first-order chi connectivity index (χ1) is 8.47.